The van der Waals surface area contributed by atoms with Crippen molar-refractivity contribution in [3.63, 3.8) is 0 Å². The maximum atomic E-state index is 12.4. The molecule has 3 aromatic carbocycles. The van der Waals surface area contributed by atoms with Crippen molar-refractivity contribution in [3.05, 3.63) is 110 Å². The molecular formula is C27H17Cl4N3O3S. The summed E-state index contributed by atoms with van der Waals surface area (Å²) in [5.41, 5.74) is 2.10. The zero-order chi connectivity index (χ0) is 27.2. The molecule has 0 aliphatic heterocycles. The van der Waals surface area contributed by atoms with E-state index in [1.165, 1.54) is 18.2 Å². The summed E-state index contributed by atoms with van der Waals surface area (Å²) < 4.78 is 5.73. The van der Waals surface area contributed by atoms with E-state index in [2.05, 4.69) is 16.0 Å². The second-order valence-corrected chi connectivity index (χ2v) is 9.77. The molecule has 38 heavy (non-hydrogen) atoms. The van der Waals surface area contributed by atoms with Crippen molar-refractivity contribution in [1.82, 2.24) is 5.32 Å². The average molecular weight is 605 g/mol. The van der Waals surface area contributed by atoms with Gasteiger partial charge in [-0.1, -0.05) is 52.5 Å². The molecule has 0 aliphatic rings. The average Bonchev–Trinajstić information content (AvgIpc) is 3.34. The molecule has 4 rings (SSSR count). The van der Waals surface area contributed by atoms with E-state index in [1.54, 1.807) is 66.7 Å². The van der Waals surface area contributed by atoms with Crippen LogP contribution in [0.25, 0.3) is 17.4 Å². The fourth-order valence-corrected chi connectivity index (χ4v) is 4.37. The Kier molecular flexibility index (Phi) is 9.09. The molecule has 0 bridgehead atoms. The van der Waals surface area contributed by atoms with Crippen LogP contribution in [-0.4, -0.2) is 16.9 Å². The minimum Gasteiger partial charge on any atom is -0.457 e. The van der Waals surface area contributed by atoms with Crippen molar-refractivity contribution in [2.24, 2.45) is 0 Å². The first-order chi connectivity index (χ1) is 18.2. The zero-order valence-electron chi connectivity index (χ0n) is 19.2. The second-order valence-electron chi connectivity index (χ2n) is 7.74. The van der Waals surface area contributed by atoms with E-state index < -0.39 is 5.91 Å². The summed E-state index contributed by atoms with van der Waals surface area (Å²) in [4.78, 5) is 24.7. The molecule has 3 N–H and O–H groups in total. The van der Waals surface area contributed by atoms with Crippen molar-refractivity contribution < 1.29 is 14.0 Å². The topological polar surface area (TPSA) is 83.4 Å². The molecule has 0 fully saturated rings. The third-order valence-corrected chi connectivity index (χ3v) is 6.63. The highest BCUT2D eigenvalue weighted by Gasteiger charge is 2.12. The third-order valence-electron chi connectivity index (χ3n) is 5.06. The number of hydrogen-bond donors (Lipinski definition) is 3. The van der Waals surface area contributed by atoms with E-state index in [9.17, 15) is 9.59 Å². The number of carbonyl (C=O) groups excluding carboxylic acids is 2. The van der Waals surface area contributed by atoms with Gasteiger partial charge in [0.05, 0.1) is 20.6 Å². The Hall–Kier alpha value is -3.33. The summed E-state index contributed by atoms with van der Waals surface area (Å²) in [6, 6.07) is 20.0. The summed E-state index contributed by atoms with van der Waals surface area (Å²) >= 11 is 29.5. The SMILES string of the molecule is O=C(C=Cc1ccc(-c2cccc(Cl)c2Cl)o1)NC(=S)Nc1ccc(NC(=O)c2ccc(Cl)cc2Cl)cc1. The molecule has 1 aromatic heterocycles. The number of nitrogens with one attached hydrogen (secondary N) is 3. The summed E-state index contributed by atoms with van der Waals surface area (Å²) in [5.74, 6) is 0.138. The van der Waals surface area contributed by atoms with Crippen molar-refractivity contribution in [2.45, 2.75) is 0 Å². The second kappa shape index (κ2) is 12.5. The monoisotopic (exact) mass is 603 g/mol. The highest BCUT2D eigenvalue weighted by molar-refractivity contribution is 7.80. The number of benzene rings is 3. The minimum absolute atomic E-state index is 0.0928. The van der Waals surface area contributed by atoms with Gasteiger partial charge in [-0.2, -0.15) is 0 Å². The number of carbonyl (C=O) groups is 2. The highest BCUT2D eigenvalue weighted by atomic mass is 35.5. The number of amides is 2. The maximum Gasteiger partial charge on any atom is 0.257 e. The molecule has 0 saturated heterocycles. The van der Waals surface area contributed by atoms with Gasteiger partial charge in [-0.25, -0.2) is 0 Å². The maximum absolute atomic E-state index is 12.4. The van der Waals surface area contributed by atoms with E-state index in [1.807, 2.05) is 0 Å². The Morgan fingerprint density at radius 1 is 0.816 bits per heavy atom. The Labute approximate surface area is 243 Å². The van der Waals surface area contributed by atoms with Crippen LogP contribution in [0.5, 0.6) is 0 Å². The Balaban J connectivity index is 1.29. The molecule has 0 unspecified atom stereocenters. The number of rotatable bonds is 6. The van der Waals surface area contributed by atoms with Gasteiger partial charge in [0.15, 0.2) is 5.11 Å². The van der Waals surface area contributed by atoms with E-state index in [4.69, 9.17) is 63.0 Å². The van der Waals surface area contributed by atoms with Crippen LogP contribution in [0.2, 0.25) is 20.1 Å². The van der Waals surface area contributed by atoms with Crippen molar-refractivity contribution in [3.8, 4) is 11.3 Å². The van der Waals surface area contributed by atoms with Gasteiger partial charge in [0.25, 0.3) is 5.91 Å². The predicted molar refractivity (Wildman–Crippen MR) is 158 cm³/mol. The van der Waals surface area contributed by atoms with Crippen LogP contribution in [0.3, 0.4) is 0 Å². The molecule has 4 aromatic rings. The smallest absolute Gasteiger partial charge is 0.257 e. The minimum atomic E-state index is -0.454. The van der Waals surface area contributed by atoms with Gasteiger partial charge >= 0.3 is 0 Å². The number of furan rings is 1. The van der Waals surface area contributed by atoms with Crippen molar-refractivity contribution >= 4 is 93.0 Å². The number of thiocarbonyl (C=S) groups is 1. The quantitative estimate of drug-likeness (QED) is 0.152. The van der Waals surface area contributed by atoms with Crippen molar-refractivity contribution in [1.29, 1.82) is 0 Å². The lowest BCUT2D eigenvalue weighted by Gasteiger charge is -2.10. The van der Waals surface area contributed by atoms with Gasteiger partial charge < -0.3 is 15.1 Å². The van der Waals surface area contributed by atoms with E-state index in [-0.39, 0.29) is 16.0 Å². The number of halogens is 4. The zero-order valence-corrected chi connectivity index (χ0v) is 23.1. The van der Waals surface area contributed by atoms with Crippen LogP contribution < -0.4 is 16.0 Å². The van der Waals surface area contributed by atoms with E-state index in [0.717, 1.165) is 0 Å². The molecule has 6 nitrogen and oxygen atoms in total. The van der Waals surface area contributed by atoms with Gasteiger partial charge in [-0.3, -0.25) is 14.9 Å². The summed E-state index contributed by atoms with van der Waals surface area (Å²) in [5, 5.41) is 9.79. The largest absolute Gasteiger partial charge is 0.457 e. The summed E-state index contributed by atoms with van der Waals surface area (Å²) in [7, 11) is 0. The Morgan fingerprint density at radius 2 is 1.53 bits per heavy atom. The molecule has 0 aliphatic carbocycles. The summed E-state index contributed by atoms with van der Waals surface area (Å²) in [6.07, 6.45) is 2.79. The molecule has 1 heterocycles. The van der Waals surface area contributed by atoms with Crippen LogP contribution in [0.4, 0.5) is 11.4 Å². The molecule has 0 spiro atoms. The first-order valence-electron chi connectivity index (χ1n) is 10.9. The van der Waals surface area contributed by atoms with Gasteiger partial charge in [0, 0.05) is 28.0 Å². The van der Waals surface area contributed by atoms with Gasteiger partial charge in [0.2, 0.25) is 5.91 Å². The van der Waals surface area contributed by atoms with Crippen LogP contribution >= 0.6 is 58.6 Å². The predicted octanol–water partition coefficient (Wildman–Crippen LogP) is 8.34. The number of hydrogen-bond acceptors (Lipinski definition) is 4. The van der Waals surface area contributed by atoms with Crippen molar-refractivity contribution in [2.75, 3.05) is 10.6 Å². The lowest BCUT2D eigenvalue weighted by Crippen LogP contribution is -2.32. The fourth-order valence-electron chi connectivity index (χ4n) is 3.26. The molecule has 0 saturated carbocycles. The standard InChI is InChI=1S/C27H17Cl4N3O3S/c28-15-4-11-19(22(30)14-15)26(36)32-16-5-7-17(8-6-16)33-27(38)34-24(35)13-10-18-9-12-23(37-18)20-2-1-3-21(29)25(20)31/h1-14H,(H,32,36)(H2,33,34,35,38). The summed E-state index contributed by atoms with van der Waals surface area (Å²) in [6.45, 7) is 0. The van der Waals surface area contributed by atoms with E-state index >= 15 is 0 Å². The fraction of sp³-hybridized carbons (Fsp3) is 0. The molecule has 192 valence electrons. The Bertz CT molecular complexity index is 1550. The molecular weight excluding hydrogens is 588 g/mol. The Morgan fingerprint density at radius 3 is 2.24 bits per heavy atom. The number of anilines is 2. The van der Waals surface area contributed by atoms with Gasteiger partial charge in [0.1, 0.15) is 11.5 Å². The lowest BCUT2D eigenvalue weighted by molar-refractivity contribution is -0.115. The first kappa shape index (κ1) is 27.7. The van der Waals surface area contributed by atoms with Crippen LogP contribution in [0, 0.1) is 0 Å². The highest BCUT2D eigenvalue weighted by Crippen LogP contribution is 2.34. The van der Waals surface area contributed by atoms with Crippen LogP contribution in [0.15, 0.2) is 83.3 Å². The lowest BCUT2D eigenvalue weighted by atomic mass is 10.2. The molecule has 11 heteroatoms. The van der Waals surface area contributed by atoms with Gasteiger partial charge in [-0.15, -0.1) is 0 Å². The van der Waals surface area contributed by atoms with Crippen LogP contribution in [-0.2, 0) is 4.79 Å². The third kappa shape index (κ3) is 7.16. The normalized spacial score (nSPS) is 10.8. The molecule has 0 radical (unpaired) electrons. The molecule has 0 atom stereocenters. The molecule has 2 amide bonds. The van der Waals surface area contributed by atoms with E-state index in [0.29, 0.717) is 49.1 Å². The van der Waals surface area contributed by atoms with Crippen LogP contribution in [0.1, 0.15) is 16.1 Å². The first-order valence-corrected chi connectivity index (χ1v) is 12.8. The van der Waals surface area contributed by atoms with Gasteiger partial charge in [-0.05, 0) is 85.0 Å².